The second-order valence-corrected chi connectivity index (χ2v) is 7.93. The van der Waals surface area contributed by atoms with Gasteiger partial charge in [-0.05, 0) is 48.9 Å². The van der Waals surface area contributed by atoms with Gasteiger partial charge in [-0.2, -0.15) is 0 Å². The summed E-state index contributed by atoms with van der Waals surface area (Å²) < 4.78 is 23.9. The van der Waals surface area contributed by atoms with Crippen molar-refractivity contribution in [2.75, 3.05) is 5.32 Å². The zero-order chi connectivity index (χ0) is 22.3. The van der Waals surface area contributed by atoms with Crippen LogP contribution < -0.4 is 10.1 Å². The van der Waals surface area contributed by atoms with E-state index >= 15 is 0 Å². The maximum Gasteiger partial charge on any atom is 0.258 e. The molecule has 0 atom stereocenters. The highest BCUT2D eigenvalue weighted by atomic mass is 32.2. The highest BCUT2D eigenvalue weighted by Crippen LogP contribution is 2.25. The molecule has 0 radical (unpaired) electrons. The molecule has 0 spiro atoms. The summed E-state index contributed by atoms with van der Waals surface area (Å²) in [6.45, 7) is 2.13. The van der Waals surface area contributed by atoms with Crippen LogP contribution in [0.15, 0.2) is 82.5 Å². The van der Waals surface area contributed by atoms with Crippen LogP contribution in [0.1, 0.15) is 27.4 Å². The molecule has 8 heteroatoms. The molecule has 0 fully saturated rings. The van der Waals surface area contributed by atoms with Gasteiger partial charge in [0.1, 0.15) is 29.0 Å². The van der Waals surface area contributed by atoms with Gasteiger partial charge in [0.05, 0.1) is 11.3 Å². The first-order valence-electron chi connectivity index (χ1n) is 9.85. The zero-order valence-electron chi connectivity index (χ0n) is 17.2. The minimum Gasteiger partial charge on any atom is -0.489 e. The molecule has 4 rings (SSSR count). The lowest BCUT2D eigenvalue weighted by molar-refractivity contribution is 0.102. The summed E-state index contributed by atoms with van der Waals surface area (Å²) in [7, 11) is 0. The fourth-order valence-corrected chi connectivity index (χ4v) is 3.79. The lowest BCUT2D eigenvalue weighted by atomic mass is 10.2. The predicted octanol–water partition coefficient (Wildman–Crippen LogP) is 5.64. The molecule has 0 unspecified atom stereocenters. The summed E-state index contributed by atoms with van der Waals surface area (Å²) in [5, 5.41) is 7.47. The Labute approximate surface area is 188 Å². The molecule has 1 amide bonds. The van der Waals surface area contributed by atoms with Crippen LogP contribution in [-0.4, -0.2) is 16.0 Å². The van der Waals surface area contributed by atoms with Gasteiger partial charge in [-0.15, -0.1) is 0 Å². The van der Waals surface area contributed by atoms with E-state index < -0.39 is 0 Å². The molecule has 0 aliphatic rings. The minimum atomic E-state index is -0.289. The van der Waals surface area contributed by atoms with Gasteiger partial charge >= 0.3 is 0 Å². The maximum atomic E-state index is 13.0. The molecule has 1 N–H and O–H groups in total. The number of carbonyl (C=O) groups is 1. The number of aryl methyl sites for hydroxylation is 1. The van der Waals surface area contributed by atoms with Crippen molar-refractivity contribution in [1.29, 1.82) is 0 Å². The summed E-state index contributed by atoms with van der Waals surface area (Å²) in [6, 6.07) is 18.5. The molecule has 2 heterocycles. The summed E-state index contributed by atoms with van der Waals surface area (Å²) in [5.41, 5.74) is 2.70. The molecule has 2 aromatic heterocycles. The van der Waals surface area contributed by atoms with Crippen molar-refractivity contribution in [1.82, 2.24) is 10.1 Å². The molecule has 0 aliphatic carbocycles. The molecule has 32 heavy (non-hydrogen) atoms. The van der Waals surface area contributed by atoms with Gasteiger partial charge < -0.3 is 14.6 Å². The molecule has 0 aliphatic heterocycles. The van der Waals surface area contributed by atoms with E-state index in [1.165, 1.54) is 23.9 Å². The Bertz CT molecular complexity index is 1210. The Morgan fingerprint density at radius 3 is 2.75 bits per heavy atom. The molecule has 4 aromatic rings. The van der Waals surface area contributed by atoms with Crippen molar-refractivity contribution >= 4 is 23.4 Å². The van der Waals surface area contributed by atoms with E-state index in [-0.39, 0.29) is 11.7 Å². The number of halogens is 1. The van der Waals surface area contributed by atoms with Crippen molar-refractivity contribution < 1.29 is 18.4 Å². The number of nitrogens with zero attached hydrogens (tertiary/aromatic N) is 2. The summed E-state index contributed by atoms with van der Waals surface area (Å²) in [5.74, 6) is 1.31. The van der Waals surface area contributed by atoms with E-state index in [0.29, 0.717) is 34.4 Å². The van der Waals surface area contributed by atoms with E-state index in [1.54, 1.807) is 54.7 Å². The van der Waals surface area contributed by atoms with Crippen LogP contribution in [0.2, 0.25) is 0 Å². The number of benzene rings is 2. The van der Waals surface area contributed by atoms with Crippen molar-refractivity contribution in [3.05, 3.63) is 101 Å². The van der Waals surface area contributed by atoms with Gasteiger partial charge in [-0.3, -0.25) is 4.79 Å². The van der Waals surface area contributed by atoms with E-state index in [4.69, 9.17) is 9.26 Å². The maximum absolute atomic E-state index is 13.0. The highest BCUT2D eigenvalue weighted by molar-refractivity contribution is 7.98. The second kappa shape index (κ2) is 10.1. The van der Waals surface area contributed by atoms with Crippen LogP contribution in [-0.2, 0) is 12.4 Å². The quantitative estimate of drug-likeness (QED) is 0.351. The normalized spacial score (nSPS) is 10.7. The molecule has 0 bridgehead atoms. The monoisotopic (exact) mass is 449 g/mol. The topological polar surface area (TPSA) is 77.2 Å². The average molecular weight is 450 g/mol. The predicted molar refractivity (Wildman–Crippen MR) is 120 cm³/mol. The molecule has 0 saturated carbocycles. The highest BCUT2D eigenvalue weighted by Gasteiger charge is 2.14. The molecule has 2 aromatic carbocycles. The van der Waals surface area contributed by atoms with Crippen LogP contribution in [0.4, 0.5) is 10.1 Å². The number of ether oxygens (including phenoxy) is 1. The molecule has 6 nitrogen and oxygen atoms in total. The van der Waals surface area contributed by atoms with Gasteiger partial charge in [0, 0.05) is 29.8 Å². The summed E-state index contributed by atoms with van der Waals surface area (Å²) in [4.78, 5) is 17.2. The Morgan fingerprint density at radius 2 is 1.97 bits per heavy atom. The SMILES string of the molecule is Cc1cc(CSc2ncccc2C(=O)Nc2cccc(OCc3ccc(F)cc3)c2)no1. The standard InChI is InChI=1S/C24H20FN3O3S/c1-16-12-20(28-31-16)15-32-24-22(6-3-11-26-24)23(29)27-19-4-2-5-21(13-19)30-14-17-7-9-18(25)10-8-17/h2-13H,14-15H2,1H3,(H,27,29). The second-order valence-electron chi connectivity index (χ2n) is 6.97. The Hall–Kier alpha value is -3.65. The smallest absolute Gasteiger partial charge is 0.258 e. The number of aromatic nitrogens is 2. The first kappa shape index (κ1) is 21.6. The van der Waals surface area contributed by atoms with Gasteiger partial charge in [-0.25, -0.2) is 9.37 Å². The number of anilines is 1. The van der Waals surface area contributed by atoms with Crippen LogP contribution in [0.5, 0.6) is 5.75 Å². The Balaban J connectivity index is 1.40. The third-order valence-electron chi connectivity index (χ3n) is 4.46. The third kappa shape index (κ3) is 5.73. The molecular weight excluding hydrogens is 429 g/mol. The fourth-order valence-electron chi connectivity index (χ4n) is 2.92. The van der Waals surface area contributed by atoms with Crippen LogP contribution in [0.25, 0.3) is 0 Å². The van der Waals surface area contributed by atoms with Crippen molar-refractivity contribution in [2.45, 2.75) is 24.3 Å². The van der Waals surface area contributed by atoms with Gasteiger partial charge in [-0.1, -0.05) is 35.1 Å². The first-order chi connectivity index (χ1) is 15.6. The molecular formula is C24H20FN3O3S. The number of hydrogen-bond acceptors (Lipinski definition) is 6. The molecule has 0 saturated heterocycles. The van der Waals surface area contributed by atoms with Gasteiger partial charge in [0.25, 0.3) is 5.91 Å². The number of hydrogen-bond donors (Lipinski definition) is 1. The number of rotatable bonds is 8. The van der Waals surface area contributed by atoms with Crippen molar-refractivity contribution in [2.24, 2.45) is 0 Å². The van der Waals surface area contributed by atoms with Gasteiger partial charge in [0.15, 0.2) is 0 Å². The van der Waals surface area contributed by atoms with E-state index in [2.05, 4.69) is 15.5 Å². The molecule has 162 valence electrons. The Morgan fingerprint density at radius 1 is 1.12 bits per heavy atom. The average Bonchev–Trinajstić information content (AvgIpc) is 3.23. The minimum absolute atomic E-state index is 0.271. The van der Waals surface area contributed by atoms with Crippen LogP contribution >= 0.6 is 11.8 Å². The first-order valence-corrected chi connectivity index (χ1v) is 10.8. The van der Waals surface area contributed by atoms with E-state index in [0.717, 1.165) is 17.0 Å². The fraction of sp³-hybridized carbons (Fsp3) is 0.125. The van der Waals surface area contributed by atoms with E-state index in [9.17, 15) is 9.18 Å². The third-order valence-corrected chi connectivity index (χ3v) is 5.50. The van der Waals surface area contributed by atoms with Gasteiger partial charge in [0.2, 0.25) is 0 Å². The number of amides is 1. The van der Waals surface area contributed by atoms with Crippen LogP contribution in [0, 0.1) is 12.7 Å². The number of carbonyl (C=O) groups excluding carboxylic acids is 1. The van der Waals surface area contributed by atoms with E-state index in [1.807, 2.05) is 13.0 Å². The lowest BCUT2D eigenvalue weighted by Gasteiger charge is -2.11. The van der Waals surface area contributed by atoms with Crippen LogP contribution in [0.3, 0.4) is 0 Å². The summed E-state index contributed by atoms with van der Waals surface area (Å²) >= 11 is 1.42. The Kier molecular flexibility index (Phi) is 6.81. The largest absolute Gasteiger partial charge is 0.489 e. The summed E-state index contributed by atoms with van der Waals surface area (Å²) in [6.07, 6.45) is 1.65. The lowest BCUT2D eigenvalue weighted by Crippen LogP contribution is -2.13. The number of thioether (sulfide) groups is 1. The number of nitrogens with one attached hydrogen (secondary N) is 1. The number of pyridine rings is 1. The zero-order valence-corrected chi connectivity index (χ0v) is 18.1. The van der Waals surface area contributed by atoms with Crippen molar-refractivity contribution in [3.63, 3.8) is 0 Å². The van der Waals surface area contributed by atoms with Crippen molar-refractivity contribution in [3.8, 4) is 5.75 Å².